The Labute approximate surface area is 31.1 Å². The molecule has 0 bridgehead atoms. The minimum absolute atomic E-state index is 0.389. The summed E-state index contributed by atoms with van der Waals surface area (Å²) in [6, 6.07) is 0. The van der Waals surface area contributed by atoms with Gasteiger partial charge in [-0.25, -0.2) is 5.11 Å². The van der Waals surface area contributed by atoms with Crippen LogP contribution >= 0.6 is 0 Å². The van der Waals surface area contributed by atoms with Gasteiger partial charge in [0.1, 0.15) is 6.61 Å². The van der Waals surface area contributed by atoms with E-state index in [1.54, 1.807) is 0 Å². The van der Waals surface area contributed by atoms with E-state index in [1.165, 1.54) is 6.92 Å². The van der Waals surface area contributed by atoms with E-state index in [0.717, 1.165) is 0 Å². The van der Waals surface area contributed by atoms with Crippen LogP contribution in [0.3, 0.4) is 0 Å². The summed E-state index contributed by atoms with van der Waals surface area (Å²) < 4.78 is 0. The Morgan fingerprint density at radius 1 is 2.00 bits per heavy atom. The van der Waals surface area contributed by atoms with Crippen LogP contribution in [-0.4, -0.2) is 17.8 Å². The second-order valence-corrected chi connectivity index (χ2v) is 1.02. The number of hydrogen-bond donors (Lipinski definition) is 1. The van der Waals surface area contributed by atoms with Crippen molar-refractivity contribution in [2.75, 3.05) is 6.61 Å². The SMILES string of the molecule is C[C@@H](O)C[O]. The molecule has 0 spiro atoms. The molecule has 0 saturated carbocycles. The number of hydrogen-bond acceptors (Lipinski definition) is 1. The lowest BCUT2D eigenvalue weighted by Gasteiger charge is -1.87. The summed E-state index contributed by atoms with van der Waals surface area (Å²) in [5.74, 6) is 0. The molecular weight excluding hydrogens is 68.0 g/mol. The Morgan fingerprint density at radius 3 is 2.20 bits per heavy atom. The summed E-state index contributed by atoms with van der Waals surface area (Å²) in [7, 11) is 0. The smallest absolute Gasteiger partial charge is 0.108 e. The number of aliphatic hydroxyl groups excluding tert-OH is 1. The molecule has 0 fully saturated rings. The van der Waals surface area contributed by atoms with Crippen LogP contribution in [0, 0.1) is 0 Å². The first-order chi connectivity index (χ1) is 2.27. The molecule has 1 atom stereocenters. The van der Waals surface area contributed by atoms with E-state index in [4.69, 9.17) is 5.11 Å². The molecule has 0 amide bonds. The van der Waals surface area contributed by atoms with Crippen molar-refractivity contribution in [1.82, 2.24) is 0 Å². The molecule has 0 aromatic heterocycles. The first-order valence-corrected chi connectivity index (χ1v) is 1.53. The molecule has 0 aromatic carbocycles. The lowest BCUT2D eigenvalue weighted by Crippen LogP contribution is -2.02. The van der Waals surface area contributed by atoms with Crippen LogP contribution in [0.4, 0.5) is 0 Å². The van der Waals surface area contributed by atoms with Crippen molar-refractivity contribution in [3.05, 3.63) is 0 Å². The lowest BCUT2D eigenvalue weighted by molar-refractivity contribution is 0.0672. The zero-order chi connectivity index (χ0) is 4.28. The van der Waals surface area contributed by atoms with Crippen molar-refractivity contribution in [2.24, 2.45) is 0 Å². The molecule has 0 aromatic rings. The molecule has 5 heavy (non-hydrogen) atoms. The van der Waals surface area contributed by atoms with Crippen molar-refractivity contribution in [2.45, 2.75) is 13.0 Å². The van der Waals surface area contributed by atoms with E-state index in [-0.39, 0.29) is 6.61 Å². The lowest BCUT2D eigenvalue weighted by atomic mass is 10.5. The van der Waals surface area contributed by atoms with Gasteiger partial charge < -0.3 is 5.11 Å². The fourth-order valence-electron chi connectivity index (χ4n) is 0. The first-order valence-electron chi connectivity index (χ1n) is 1.53. The second-order valence-electron chi connectivity index (χ2n) is 1.02. The first kappa shape index (κ1) is 4.92. The maximum absolute atomic E-state index is 9.38. The topological polar surface area (TPSA) is 40.1 Å². The predicted octanol–water partition coefficient (Wildman–Crippen LogP) is -0.202. The Hall–Kier alpha value is -0.0800. The summed E-state index contributed by atoms with van der Waals surface area (Å²) in [6.45, 7) is 1.08. The van der Waals surface area contributed by atoms with Crippen molar-refractivity contribution in [1.29, 1.82) is 0 Å². The van der Waals surface area contributed by atoms with Gasteiger partial charge in [-0.1, -0.05) is 0 Å². The van der Waals surface area contributed by atoms with Crippen LogP contribution in [0.25, 0.3) is 0 Å². The molecule has 1 radical (unpaired) electrons. The van der Waals surface area contributed by atoms with E-state index in [0.29, 0.717) is 0 Å². The van der Waals surface area contributed by atoms with Gasteiger partial charge in [0.15, 0.2) is 0 Å². The van der Waals surface area contributed by atoms with Gasteiger partial charge in [0.2, 0.25) is 0 Å². The number of aliphatic hydroxyl groups is 1. The third-order valence-corrected chi connectivity index (χ3v) is 0.241. The summed E-state index contributed by atoms with van der Waals surface area (Å²) in [5.41, 5.74) is 0. The van der Waals surface area contributed by atoms with Crippen LogP contribution < -0.4 is 0 Å². The monoisotopic (exact) mass is 75.0 g/mol. The van der Waals surface area contributed by atoms with Crippen LogP contribution in [0.15, 0.2) is 0 Å². The molecule has 0 aliphatic rings. The summed E-state index contributed by atoms with van der Waals surface area (Å²) in [5, 5.41) is 17.4. The highest BCUT2D eigenvalue weighted by molar-refractivity contribution is 4.33. The Kier molecular flexibility index (Phi) is 2.14. The van der Waals surface area contributed by atoms with E-state index >= 15 is 0 Å². The highest BCUT2D eigenvalue weighted by Gasteiger charge is 1.85. The maximum atomic E-state index is 9.38. The standard InChI is InChI=1S/C3H7O2/c1-3(5)2-4/h3,5H,2H2,1H3/t3-/m1/s1. The molecular formula is C3H7O2. The van der Waals surface area contributed by atoms with Gasteiger partial charge in [-0.2, -0.15) is 0 Å². The van der Waals surface area contributed by atoms with E-state index in [9.17, 15) is 5.11 Å². The average molecular weight is 75.1 g/mol. The van der Waals surface area contributed by atoms with E-state index in [1.807, 2.05) is 0 Å². The quantitative estimate of drug-likeness (QED) is 0.460. The average Bonchev–Trinajstić information content (AvgIpc) is 1.38. The molecule has 1 N–H and O–H groups in total. The molecule has 0 rings (SSSR count). The fourth-order valence-corrected chi connectivity index (χ4v) is 0. The Balaban J connectivity index is 2.54. The molecule has 0 unspecified atom stereocenters. The van der Waals surface area contributed by atoms with Crippen molar-refractivity contribution < 1.29 is 10.2 Å². The van der Waals surface area contributed by atoms with Crippen molar-refractivity contribution >= 4 is 0 Å². The third kappa shape index (κ3) is 3.92. The molecule has 0 saturated heterocycles. The largest absolute Gasteiger partial charge is 0.391 e. The summed E-state index contributed by atoms with van der Waals surface area (Å²) in [6.07, 6.45) is -0.671. The van der Waals surface area contributed by atoms with E-state index in [2.05, 4.69) is 0 Å². The third-order valence-electron chi connectivity index (χ3n) is 0.241. The van der Waals surface area contributed by atoms with Gasteiger partial charge in [0.25, 0.3) is 0 Å². The molecule has 0 aliphatic heterocycles. The van der Waals surface area contributed by atoms with Crippen LogP contribution in [0.5, 0.6) is 0 Å². The second kappa shape index (κ2) is 2.18. The highest BCUT2D eigenvalue weighted by atomic mass is 16.3. The van der Waals surface area contributed by atoms with Gasteiger partial charge >= 0.3 is 0 Å². The predicted molar refractivity (Wildman–Crippen MR) is 17.2 cm³/mol. The zero-order valence-corrected chi connectivity index (χ0v) is 3.14. The van der Waals surface area contributed by atoms with Crippen LogP contribution in [0.2, 0.25) is 0 Å². The van der Waals surface area contributed by atoms with E-state index < -0.39 is 6.10 Å². The highest BCUT2D eigenvalue weighted by Crippen LogP contribution is 1.69. The van der Waals surface area contributed by atoms with Crippen LogP contribution in [-0.2, 0) is 5.11 Å². The normalized spacial score (nSPS) is 15.0. The Morgan fingerprint density at radius 2 is 2.20 bits per heavy atom. The molecule has 0 heterocycles. The number of rotatable bonds is 1. The molecule has 31 valence electrons. The summed E-state index contributed by atoms with van der Waals surface area (Å²) >= 11 is 0. The van der Waals surface area contributed by atoms with Gasteiger partial charge in [-0.05, 0) is 6.92 Å². The Bertz CT molecular complexity index is 18.9. The van der Waals surface area contributed by atoms with Gasteiger partial charge in [-0.15, -0.1) is 0 Å². The van der Waals surface area contributed by atoms with Crippen molar-refractivity contribution in [3.63, 3.8) is 0 Å². The van der Waals surface area contributed by atoms with Gasteiger partial charge in [0, 0.05) is 0 Å². The molecule has 2 nitrogen and oxygen atoms in total. The molecule has 0 aliphatic carbocycles. The molecule has 2 heteroatoms. The zero-order valence-electron chi connectivity index (χ0n) is 3.14. The van der Waals surface area contributed by atoms with Crippen LogP contribution in [0.1, 0.15) is 6.92 Å². The minimum atomic E-state index is -0.671. The van der Waals surface area contributed by atoms with Gasteiger partial charge in [-0.3, -0.25) is 0 Å². The minimum Gasteiger partial charge on any atom is -0.391 e. The fraction of sp³-hybridized carbons (Fsp3) is 1.00. The van der Waals surface area contributed by atoms with Gasteiger partial charge in [0.05, 0.1) is 6.10 Å². The summed E-state index contributed by atoms with van der Waals surface area (Å²) in [4.78, 5) is 0. The maximum Gasteiger partial charge on any atom is 0.108 e. The van der Waals surface area contributed by atoms with Crippen molar-refractivity contribution in [3.8, 4) is 0 Å².